The van der Waals surface area contributed by atoms with Crippen LogP contribution in [0.3, 0.4) is 0 Å². The lowest BCUT2D eigenvalue weighted by molar-refractivity contribution is 0.105. The predicted molar refractivity (Wildman–Crippen MR) is 86.8 cm³/mol. The molecule has 0 radical (unpaired) electrons. The maximum atomic E-state index is 6.08. The SMILES string of the molecule is COc1cc(NC2CC(C)(C)CC(C)(C)C2)ccc1Cl. The van der Waals surface area contributed by atoms with Gasteiger partial charge in [0.15, 0.2) is 0 Å². The summed E-state index contributed by atoms with van der Waals surface area (Å²) in [4.78, 5) is 0. The van der Waals surface area contributed by atoms with Gasteiger partial charge >= 0.3 is 0 Å². The Bertz CT molecular complexity index is 466. The zero-order valence-corrected chi connectivity index (χ0v) is 14.0. The highest BCUT2D eigenvalue weighted by molar-refractivity contribution is 6.32. The topological polar surface area (TPSA) is 21.3 Å². The van der Waals surface area contributed by atoms with Crippen molar-refractivity contribution in [1.82, 2.24) is 0 Å². The molecule has 0 saturated heterocycles. The largest absolute Gasteiger partial charge is 0.495 e. The van der Waals surface area contributed by atoms with E-state index in [-0.39, 0.29) is 0 Å². The van der Waals surface area contributed by atoms with Crippen LogP contribution >= 0.6 is 11.6 Å². The molecule has 20 heavy (non-hydrogen) atoms. The van der Waals surface area contributed by atoms with Gasteiger partial charge in [0.1, 0.15) is 5.75 Å². The first-order valence-electron chi connectivity index (χ1n) is 7.31. The molecule has 2 nitrogen and oxygen atoms in total. The number of nitrogens with one attached hydrogen (secondary N) is 1. The third-order valence-corrected chi connectivity index (χ3v) is 4.39. The molecule has 112 valence electrons. The van der Waals surface area contributed by atoms with Gasteiger partial charge in [-0.05, 0) is 42.2 Å². The normalized spacial score (nSPS) is 21.5. The Kier molecular flexibility index (Phi) is 4.24. The summed E-state index contributed by atoms with van der Waals surface area (Å²) in [6, 6.07) is 6.40. The average Bonchev–Trinajstić information content (AvgIpc) is 2.27. The van der Waals surface area contributed by atoms with Crippen molar-refractivity contribution in [2.24, 2.45) is 10.8 Å². The first kappa shape index (κ1) is 15.5. The van der Waals surface area contributed by atoms with Gasteiger partial charge in [-0.1, -0.05) is 39.3 Å². The van der Waals surface area contributed by atoms with Crippen molar-refractivity contribution in [3.05, 3.63) is 23.2 Å². The molecule has 0 heterocycles. The molecule has 1 aliphatic carbocycles. The zero-order valence-electron chi connectivity index (χ0n) is 13.2. The number of hydrogen-bond donors (Lipinski definition) is 1. The fraction of sp³-hybridized carbons (Fsp3) is 0.647. The number of ether oxygens (including phenoxy) is 1. The summed E-state index contributed by atoms with van der Waals surface area (Å²) < 4.78 is 5.28. The summed E-state index contributed by atoms with van der Waals surface area (Å²) in [5, 5.41) is 4.31. The number of methoxy groups -OCH3 is 1. The second kappa shape index (κ2) is 5.48. The van der Waals surface area contributed by atoms with Gasteiger partial charge in [-0.3, -0.25) is 0 Å². The molecule has 0 aromatic heterocycles. The molecular formula is C17H26ClNO. The molecule has 3 heteroatoms. The summed E-state index contributed by atoms with van der Waals surface area (Å²) in [6.45, 7) is 9.46. The summed E-state index contributed by atoms with van der Waals surface area (Å²) in [5.74, 6) is 0.728. The number of anilines is 1. The van der Waals surface area contributed by atoms with Crippen molar-refractivity contribution < 1.29 is 4.74 Å². The average molecular weight is 296 g/mol. The van der Waals surface area contributed by atoms with E-state index in [0.717, 1.165) is 11.4 Å². The van der Waals surface area contributed by atoms with Gasteiger partial charge in [0.2, 0.25) is 0 Å². The third-order valence-electron chi connectivity index (χ3n) is 4.08. The standard InChI is InChI=1S/C17H26ClNO/c1-16(2)9-13(10-17(3,4)11-16)19-12-6-7-14(18)15(8-12)20-5/h6-8,13,19H,9-11H2,1-5H3. The van der Waals surface area contributed by atoms with E-state index < -0.39 is 0 Å². The molecule has 1 saturated carbocycles. The zero-order chi connectivity index (χ0) is 15.0. The van der Waals surface area contributed by atoms with Crippen LogP contribution in [0.4, 0.5) is 5.69 Å². The maximum Gasteiger partial charge on any atom is 0.139 e. The minimum absolute atomic E-state index is 0.385. The van der Waals surface area contributed by atoms with Gasteiger partial charge in [-0.15, -0.1) is 0 Å². The fourth-order valence-electron chi connectivity index (χ4n) is 3.93. The van der Waals surface area contributed by atoms with Crippen LogP contribution in [0, 0.1) is 10.8 Å². The second-order valence-corrected chi connectivity index (χ2v) is 8.01. The lowest BCUT2D eigenvalue weighted by Gasteiger charge is -2.45. The van der Waals surface area contributed by atoms with Crippen LogP contribution in [0.15, 0.2) is 18.2 Å². The highest BCUT2D eigenvalue weighted by Crippen LogP contribution is 2.46. The Morgan fingerprint density at radius 2 is 1.75 bits per heavy atom. The minimum atomic E-state index is 0.385. The van der Waals surface area contributed by atoms with Crippen LogP contribution in [0.2, 0.25) is 5.02 Å². The molecule has 1 aromatic rings. The minimum Gasteiger partial charge on any atom is -0.495 e. The van der Waals surface area contributed by atoms with Crippen molar-refractivity contribution in [1.29, 1.82) is 0 Å². The van der Waals surface area contributed by atoms with Crippen LogP contribution in [0.25, 0.3) is 0 Å². The van der Waals surface area contributed by atoms with Crippen LogP contribution in [-0.2, 0) is 0 Å². The van der Waals surface area contributed by atoms with Crippen molar-refractivity contribution >= 4 is 17.3 Å². The quantitative estimate of drug-likeness (QED) is 0.810. The second-order valence-electron chi connectivity index (χ2n) is 7.60. The Balaban J connectivity index is 2.13. The molecule has 0 atom stereocenters. The van der Waals surface area contributed by atoms with E-state index in [1.54, 1.807) is 7.11 Å². The number of halogens is 1. The summed E-state index contributed by atoms with van der Waals surface area (Å²) in [7, 11) is 1.65. The first-order valence-corrected chi connectivity index (χ1v) is 7.69. The molecule has 0 unspecified atom stereocenters. The number of rotatable bonds is 3. The monoisotopic (exact) mass is 295 g/mol. The lowest BCUT2D eigenvalue weighted by Crippen LogP contribution is -2.40. The van der Waals surface area contributed by atoms with Gasteiger partial charge in [-0.2, -0.15) is 0 Å². The maximum absolute atomic E-state index is 6.08. The molecule has 1 aliphatic rings. The molecule has 2 rings (SSSR count). The lowest BCUT2D eigenvalue weighted by atomic mass is 9.63. The van der Waals surface area contributed by atoms with E-state index >= 15 is 0 Å². The highest BCUT2D eigenvalue weighted by Gasteiger charge is 2.38. The van der Waals surface area contributed by atoms with Crippen LogP contribution in [0.5, 0.6) is 5.75 Å². The molecule has 0 bridgehead atoms. The Labute approximate surface area is 127 Å². The van der Waals surface area contributed by atoms with E-state index in [4.69, 9.17) is 16.3 Å². The van der Waals surface area contributed by atoms with Gasteiger partial charge in [0, 0.05) is 17.8 Å². The summed E-state index contributed by atoms with van der Waals surface area (Å²) in [5.41, 5.74) is 1.86. The first-order chi connectivity index (χ1) is 9.21. The van der Waals surface area contributed by atoms with Crippen LogP contribution in [0.1, 0.15) is 47.0 Å². The Morgan fingerprint density at radius 3 is 2.30 bits per heavy atom. The Hall–Kier alpha value is -0.890. The summed E-state index contributed by atoms with van der Waals surface area (Å²) in [6.07, 6.45) is 3.67. The molecule has 1 fully saturated rings. The molecular weight excluding hydrogens is 270 g/mol. The Morgan fingerprint density at radius 1 is 1.15 bits per heavy atom. The van der Waals surface area contributed by atoms with Gasteiger partial charge < -0.3 is 10.1 Å². The van der Waals surface area contributed by atoms with E-state index in [2.05, 4.69) is 33.0 Å². The van der Waals surface area contributed by atoms with Crippen molar-refractivity contribution in [2.45, 2.75) is 53.0 Å². The molecule has 0 amide bonds. The number of hydrogen-bond acceptors (Lipinski definition) is 2. The fourth-order valence-corrected chi connectivity index (χ4v) is 4.13. The van der Waals surface area contributed by atoms with Crippen LogP contribution in [-0.4, -0.2) is 13.2 Å². The van der Waals surface area contributed by atoms with Crippen molar-refractivity contribution in [2.75, 3.05) is 12.4 Å². The molecule has 0 aliphatic heterocycles. The van der Waals surface area contributed by atoms with Crippen LogP contribution < -0.4 is 10.1 Å². The van der Waals surface area contributed by atoms with Crippen molar-refractivity contribution in [3.8, 4) is 5.75 Å². The van der Waals surface area contributed by atoms with Gasteiger partial charge in [0.25, 0.3) is 0 Å². The molecule has 1 N–H and O–H groups in total. The predicted octanol–water partition coefficient (Wildman–Crippen LogP) is 5.37. The summed E-state index contributed by atoms with van der Waals surface area (Å²) >= 11 is 6.08. The smallest absolute Gasteiger partial charge is 0.139 e. The van der Waals surface area contributed by atoms with E-state index in [9.17, 15) is 0 Å². The molecule has 0 spiro atoms. The highest BCUT2D eigenvalue weighted by atomic mass is 35.5. The van der Waals surface area contributed by atoms with Gasteiger partial charge in [-0.25, -0.2) is 0 Å². The number of benzene rings is 1. The van der Waals surface area contributed by atoms with E-state index in [0.29, 0.717) is 21.9 Å². The third kappa shape index (κ3) is 3.82. The van der Waals surface area contributed by atoms with Crippen molar-refractivity contribution in [3.63, 3.8) is 0 Å². The van der Waals surface area contributed by atoms with E-state index in [1.807, 2.05) is 18.2 Å². The molecule has 1 aromatic carbocycles. The van der Waals surface area contributed by atoms with Gasteiger partial charge in [0.05, 0.1) is 12.1 Å². The van der Waals surface area contributed by atoms with E-state index in [1.165, 1.54) is 19.3 Å².